The van der Waals surface area contributed by atoms with Gasteiger partial charge >= 0.3 is 0 Å². The van der Waals surface area contributed by atoms with Crippen LogP contribution in [0.1, 0.15) is 16.8 Å². The van der Waals surface area contributed by atoms with E-state index in [1.807, 2.05) is 48.4 Å². The number of anilines is 1. The van der Waals surface area contributed by atoms with Gasteiger partial charge in [0.2, 0.25) is 0 Å². The van der Waals surface area contributed by atoms with E-state index in [0.29, 0.717) is 0 Å². The van der Waals surface area contributed by atoms with Gasteiger partial charge in [0, 0.05) is 24.0 Å². The van der Waals surface area contributed by atoms with Crippen molar-refractivity contribution in [3.8, 4) is 0 Å². The molecule has 0 saturated carbocycles. The fraction of sp³-hybridized carbons (Fsp3) is 0.200. The monoisotopic (exact) mass is 267 g/mol. The molecule has 0 aliphatic rings. The molecule has 0 fully saturated rings. The van der Waals surface area contributed by atoms with Crippen LogP contribution in [0.3, 0.4) is 0 Å². The molecule has 2 N–H and O–H groups in total. The zero-order valence-electron chi connectivity index (χ0n) is 11.4. The van der Waals surface area contributed by atoms with Crippen LogP contribution in [0.2, 0.25) is 0 Å². The van der Waals surface area contributed by atoms with Crippen LogP contribution in [0, 0.1) is 6.92 Å². The Hall–Kier alpha value is -2.56. The van der Waals surface area contributed by atoms with Crippen molar-refractivity contribution in [3.05, 3.63) is 65.7 Å². The Labute approximate surface area is 117 Å². The number of rotatable bonds is 5. The van der Waals surface area contributed by atoms with Crippen LogP contribution in [0.15, 0.2) is 48.9 Å². The van der Waals surface area contributed by atoms with Gasteiger partial charge in [-0.25, -0.2) is 0 Å². The van der Waals surface area contributed by atoms with E-state index in [4.69, 9.17) is 0 Å². The molecular formula is C15H17N5. The summed E-state index contributed by atoms with van der Waals surface area (Å²) in [4.78, 5) is 0. The van der Waals surface area contributed by atoms with Gasteiger partial charge in [-0.05, 0) is 12.5 Å². The predicted molar refractivity (Wildman–Crippen MR) is 78.4 cm³/mol. The molecule has 2 heterocycles. The SMILES string of the molecule is Cc1[nH]ncc1CNc1cnn(Cc2ccccc2)c1. The molecule has 2 aromatic heterocycles. The normalized spacial score (nSPS) is 10.7. The first-order valence-corrected chi connectivity index (χ1v) is 6.60. The zero-order chi connectivity index (χ0) is 13.8. The highest BCUT2D eigenvalue weighted by Crippen LogP contribution is 2.10. The molecule has 0 radical (unpaired) electrons. The molecule has 0 aliphatic heterocycles. The number of aromatic amines is 1. The van der Waals surface area contributed by atoms with Crippen molar-refractivity contribution < 1.29 is 0 Å². The molecule has 0 unspecified atom stereocenters. The van der Waals surface area contributed by atoms with Crippen molar-refractivity contribution in [1.82, 2.24) is 20.0 Å². The van der Waals surface area contributed by atoms with E-state index < -0.39 is 0 Å². The molecular weight excluding hydrogens is 250 g/mol. The number of nitrogens with one attached hydrogen (secondary N) is 2. The number of H-pyrrole nitrogens is 1. The smallest absolute Gasteiger partial charge is 0.0729 e. The molecule has 5 heteroatoms. The van der Waals surface area contributed by atoms with Gasteiger partial charge in [0.1, 0.15) is 0 Å². The summed E-state index contributed by atoms with van der Waals surface area (Å²) in [6.07, 6.45) is 5.71. The fourth-order valence-electron chi connectivity index (χ4n) is 2.06. The summed E-state index contributed by atoms with van der Waals surface area (Å²) in [5.74, 6) is 0. The Bertz CT molecular complexity index is 668. The van der Waals surface area contributed by atoms with Crippen LogP contribution in [-0.4, -0.2) is 20.0 Å². The first-order valence-electron chi connectivity index (χ1n) is 6.60. The van der Waals surface area contributed by atoms with Crippen LogP contribution < -0.4 is 5.32 Å². The number of nitrogens with zero attached hydrogens (tertiary/aromatic N) is 3. The van der Waals surface area contributed by atoms with Crippen molar-refractivity contribution in [3.63, 3.8) is 0 Å². The Morgan fingerprint density at radius 1 is 1.20 bits per heavy atom. The van der Waals surface area contributed by atoms with Crippen LogP contribution in [0.25, 0.3) is 0 Å². The largest absolute Gasteiger partial charge is 0.378 e. The second kappa shape index (κ2) is 5.61. The third-order valence-electron chi connectivity index (χ3n) is 3.24. The second-order valence-electron chi connectivity index (χ2n) is 4.79. The Morgan fingerprint density at radius 2 is 2.05 bits per heavy atom. The van der Waals surface area contributed by atoms with Crippen molar-refractivity contribution in [2.24, 2.45) is 0 Å². The number of hydrogen-bond donors (Lipinski definition) is 2. The van der Waals surface area contributed by atoms with E-state index in [9.17, 15) is 0 Å². The lowest BCUT2D eigenvalue weighted by atomic mass is 10.2. The van der Waals surface area contributed by atoms with E-state index in [-0.39, 0.29) is 0 Å². The highest BCUT2D eigenvalue weighted by Gasteiger charge is 2.02. The summed E-state index contributed by atoms with van der Waals surface area (Å²) in [6, 6.07) is 10.3. The molecule has 0 saturated heterocycles. The van der Waals surface area contributed by atoms with E-state index >= 15 is 0 Å². The molecule has 5 nitrogen and oxygen atoms in total. The first kappa shape index (κ1) is 12.5. The molecule has 20 heavy (non-hydrogen) atoms. The average Bonchev–Trinajstić information content (AvgIpc) is 3.07. The highest BCUT2D eigenvalue weighted by molar-refractivity contribution is 5.39. The van der Waals surface area contributed by atoms with Gasteiger partial charge in [0.05, 0.1) is 24.6 Å². The summed E-state index contributed by atoms with van der Waals surface area (Å²) in [7, 11) is 0. The number of aromatic nitrogens is 4. The molecule has 0 atom stereocenters. The lowest BCUT2D eigenvalue weighted by Crippen LogP contribution is -2.00. The molecule has 3 rings (SSSR count). The Balaban J connectivity index is 1.61. The number of aryl methyl sites for hydroxylation is 1. The van der Waals surface area contributed by atoms with E-state index in [0.717, 1.165) is 24.5 Å². The van der Waals surface area contributed by atoms with Gasteiger partial charge in [-0.15, -0.1) is 0 Å². The average molecular weight is 267 g/mol. The minimum atomic E-state index is 0.749. The maximum absolute atomic E-state index is 4.36. The zero-order valence-corrected chi connectivity index (χ0v) is 11.4. The van der Waals surface area contributed by atoms with E-state index in [2.05, 4.69) is 32.7 Å². The maximum atomic E-state index is 4.36. The van der Waals surface area contributed by atoms with Crippen LogP contribution in [0.5, 0.6) is 0 Å². The third kappa shape index (κ3) is 2.88. The molecule has 3 aromatic rings. The predicted octanol–water partition coefficient (Wildman–Crippen LogP) is 2.58. The molecule has 1 aromatic carbocycles. The highest BCUT2D eigenvalue weighted by atomic mass is 15.3. The summed E-state index contributed by atoms with van der Waals surface area (Å²) in [5, 5.41) is 14.7. The quantitative estimate of drug-likeness (QED) is 0.747. The topological polar surface area (TPSA) is 58.5 Å². The summed E-state index contributed by atoms with van der Waals surface area (Å²) in [5.41, 5.74) is 4.52. The summed E-state index contributed by atoms with van der Waals surface area (Å²) in [6.45, 7) is 3.55. The fourth-order valence-corrected chi connectivity index (χ4v) is 2.06. The van der Waals surface area contributed by atoms with Gasteiger partial charge in [-0.2, -0.15) is 10.2 Å². The first-order chi connectivity index (χ1) is 9.81. The Kier molecular flexibility index (Phi) is 3.50. The summed E-state index contributed by atoms with van der Waals surface area (Å²) >= 11 is 0. The minimum Gasteiger partial charge on any atom is -0.378 e. The minimum absolute atomic E-state index is 0.749. The van der Waals surface area contributed by atoms with E-state index in [1.54, 1.807) is 0 Å². The lowest BCUT2D eigenvalue weighted by Gasteiger charge is -2.02. The van der Waals surface area contributed by atoms with Crippen molar-refractivity contribution >= 4 is 5.69 Å². The van der Waals surface area contributed by atoms with Crippen LogP contribution >= 0.6 is 0 Å². The van der Waals surface area contributed by atoms with Gasteiger partial charge < -0.3 is 5.32 Å². The van der Waals surface area contributed by atoms with Crippen molar-refractivity contribution in [1.29, 1.82) is 0 Å². The lowest BCUT2D eigenvalue weighted by molar-refractivity contribution is 0.687. The maximum Gasteiger partial charge on any atom is 0.0729 e. The van der Waals surface area contributed by atoms with Crippen molar-refractivity contribution in [2.75, 3.05) is 5.32 Å². The molecule has 0 bridgehead atoms. The molecule has 0 spiro atoms. The Morgan fingerprint density at radius 3 is 2.80 bits per heavy atom. The van der Waals surface area contributed by atoms with Crippen LogP contribution in [0.4, 0.5) is 5.69 Å². The summed E-state index contributed by atoms with van der Waals surface area (Å²) < 4.78 is 1.93. The van der Waals surface area contributed by atoms with Gasteiger partial charge in [-0.1, -0.05) is 30.3 Å². The van der Waals surface area contributed by atoms with Crippen molar-refractivity contribution in [2.45, 2.75) is 20.0 Å². The second-order valence-corrected chi connectivity index (χ2v) is 4.79. The van der Waals surface area contributed by atoms with Gasteiger partial charge in [-0.3, -0.25) is 9.78 Å². The standard InChI is InChI=1S/C15H17N5/c1-12-14(8-17-19-12)7-16-15-9-18-20(11-15)10-13-5-3-2-4-6-13/h2-6,8-9,11,16H,7,10H2,1H3,(H,17,19). The molecule has 102 valence electrons. The molecule has 0 aliphatic carbocycles. The van der Waals surface area contributed by atoms with E-state index in [1.165, 1.54) is 11.1 Å². The van der Waals surface area contributed by atoms with Crippen LogP contribution in [-0.2, 0) is 13.1 Å². The molecule has 0 amide bonds. The third-order valence-corrected chi connectivity index (χ3v) is 3.24. The number of hydrogen-bond acceptors (Lipinski definition) is 3. The van der Waals surface area contributed by atoms with Gasteiger partial charge in [0.15, 0.2) is 0 Å². The number of benzene rings is 1. The van der Waals surface area contributed by atoms with Gasteiger partial charge in [0.25, 0.3) is 0 Å².